The fourth-order valence-corrected chi connectivity index (χ4v) is 11.5. The number of benzene rings is 14. The monoisotopic (exact) mass is 1070 g/mol. The summed E-state index contributed by atoms with van der Waals surface area (Å²) in [6.07, 6.45) is 0. The summed E-state index contributed by atoms with van der Waals surface area (Å²) in [5.41, 5.74) is 31.5. The average molecular weight is 1070 g/mol. The van der Waals surface area contributed by atoms with E-state index >= 15 is 0 Å². The lowest BCUT2D eigenvalue weighted by Crippen LogP contribution is -1.84. The summed E-state index contributed by atoms with van der Waals surface area (Å²) in [5.74, 6) is 0. The van der Waals surface area contributed by atoms with Crippen LogP contribution in [0.1, 0.15) is 0 Å². The Morgan fingerprint density at radius 3 is 0.190 bits per heavy atom. The molecule has 0 aromatic heterocycles. The zero-order valence-electron chi connectivity index (χ0n) is 46.5. The lowest BCUT2D eigenvalue weighted by Gasteiger charge is -2.10. The second-order valence-corrected chi connectivity index (χ2v) is 21.7. The van der Waals surface area contributed by atoms with E-state index in [9.17, 15) is 0 Å². The normalized spacial score (nSPS) is 11.1. The standard InChI is InChI=1S/C84H58/c1-3-7-59(8-4-1)61-11-15-63(16-12-61)65-19-23-67(24-20-65)69-27-31-71(32-28-69)73-35-39-75(40-36-73)77-43-47-79(48-44-77)81-51-55-83(56-52-81)84-57-53-82(54-58-84)80-49-45-78(46-50-80)76-41-37-74(38-42-76)72-33-29-70(30-34-72)68-25-21-66(22-26-68)64-17-13-62(14-18-64)60-9-5-2-6-10-60/h1-58H. The van der Waals surface area contributed by atoms with Crippen molar-refractivity contribution < 1.29 is 0 Å². The van der Waals surface area contributed by atoms with Gasteiger partial charge in [-0.05, 0) is 145 Å². The number of rotatable bonds is 13. The van der Waals surface area contributed by atoms with E-state index in [1.54, 1.807) is 0 Å². The van der Waals surface area contributed by atoms with Gasteiger partial charge in [0.15, 0.2) is 0 Å². The Morgan fingerprint density at radius 1 is 0.0595 bits per heavy atom. The van der Waals surface area contributed by atoms with Crippen molar-refractivity contribution in [3.05, 3.63) is 352 Å². The van der Waals surface area contributed by atoms with Gasteiger partial charge in [0.25, 0.3) is 0 Å². The first-order chi connectivity index (χ1) is 41.6. The van der Waals surface area contributed by atoms with Crippen LogP contribution in [0.2, 0.25) is 0 Å². The van der Waals surface area contributed by atoms with Gasteiger partial charge in [0.2, 0.25) is 0 Å². The minimum atomic E-state index is 1.20. The molecule has 0 heteroatoms. The zero-order chi connectivity index (χ0) is 56.0. The number of hydrogen-bond donors (Lipinski definition) is 0. The van der Waals surface area contributed by atoms with E-state index in [-0.39, 0.29) is 0 Å². The van der Waals surface area contributed by atoms with E-state index in [1.807, 2.05) is 0 Å². The molecule has 14 aromatic carbocycles. The van der Waals surface area contributed by atoms with Gasteiger partial charge in [0, 0.05) is 0 Å². The molecule has 0 fully saturated rings. The molecule has 84 heavy (non-hydrogen) atoms. The lowest BCUT2D eigenvalue weighted by molar-refractivity contribution is 1.55. The number of hydrogen-bond acceptors (Lipinski definition) is 0. The molecule has 14 rings (SSSR count). The van der Waals surface area contributed by atoms with Crippen molar-refractivity contribution in [3.8, 4) is 145 Å². The molecule has 0 aliphatic heterocycles. The largest absolute Gasteiger partial charge is 0.0622 e. The highest BCUT2D eigenvalue weighted by Gasteiger charge is 2.10. The van der Waals surface area contributed by atoms with Crippen molar-refractivity contribution in [1.29, 1.82) is 0 Å². The molecule has 0 radical (unpaired) electrons. The summed E-state index contributed by atoms with van der Waals surface area (Å²) >= 11 is 0. The highest BCUT2D eigenvalue weighted by Crippen LogP contribution is 2.35. The van der Waals surface area contributed by atoms with Crippen LogP contribution in [0.3, 0.4) is 0 Å². The third-order valence-electron chi connectivity index (χ3n) is 16.5. The van der Waals surface area contributed by atoms with Crippen LogP contribution in [0.15, 0.2) is 352 Å². The minimum absolute atomic E-state index is 1.20. The molecule has 0 nitrogen and oxygen atoms in total. The van der Waals surface area contributed by atoms with E-state index < -0.39 is 0 Å². The molecule has 0 spiro atoms. The van der Waals surface area contributed by atoms with E-state index in [2.05, 4.69) is 352 Å². The fourth-order valence-electron chi connectivity index (χ4n) is 11.5. The van der Waals surface area contributed by atoms with Crippen molar-refractivity contribution >= 4 is 0 Å². The molecule has 394 valence electrons. The second kappa shape index (κ2) is 23.3. The zero-order valence-corrected chi connectivity index (χ0v) is 46.5. The van der Waals surface area contributed by atoms with Gasteiger partial charge in [-0.3, -0.25) is 0 Å². The maximum absolute atomic E-state index is 2.23. The smallest absolute Gasteiger partial charge is 0.0184 e. The van der Waals surface area contributed by atoms with Gasteiger partial charge in [0.05, 0.1) is 0 Å². The van der Waals surface area contributed by atoms with Crippen LogP contribution >= 0.6 is 0 Å². The molecule has 0 atom stereocenters. The molecule has 0 saturated heterocycles. The molecule has 0 saturated carbocycles. The summed E-state index contributed by atoms with van der Waals surface area (Å²) in [7, 11) is 0. The first-order valence-electron chi connectivity index (χ1n) is 28.9. The topological polar surface area (TPSA) is 0 Å². The molecule has 0 amide bonds. The van der Waals surface area contributed by atoms with Gasteiger partial charge in [-0.15, -0.1) is 0 Å². The van der Waals surface area contributed by atoms with Crippen molar-refractivity contribution in [2.45, 2.75) is 0 Å². The van der Waals surface area contributed by atoms with Gasteiger partial charge in [-0.25, -0.2) is 0 Å². The molecule has 0 unspecified atom stereocenters. The highest BCUT2D eigenvalue weighted by molar-refractivity contribution is 5.81. The van der Waals surface area contributed by atoms with E-state index in [0.717, 1.165) is 0 Å². The van der Waals surface area contributed by atoms with E-state index in [4.69, 9.17) is 0 Å². The second-order valence-electron chi connectivity index (χ2n) is 21.7. The van der Waals surface area contributed by atoms with Crippen LogP contribution in [0.5, 0.6) is 0 Å². The Balaban J connectivity index is 0.560. The first-order valence-corrected chi connectivity index (χ1v) is 28.9. The van der Waals surface area contributed by atoms with Crippen molar-refractivity contribution in [1.82, 2.24) is 0 Å². The molecule has 14 aromatic rings. The Morgan fingerprint density at radius 2 is 0.119 bits per heavy atom. The summed E-state index contributed by atoms with van der Waals surface area (Å²) in [6.45, 7) is 0. The van der Waals surface area contributed by atoms with Crippen LogP contribution in [-0.2, 0) is 0 Å². The quantitative estimate of drug-likeness (QED) is 0.108. The fraction of sp³-hybridized carbons (Fsp3) is 0. The molecule has 0 aliphatic rings. The molecule has 0 aliphatic carbocycles. The SMILES string of the molecule is c1ccc(-c2ccc(-c3ccc(-c4ccc(-c5ccc(-c6ccc(-c7ccc(-c8ccc(-c9ccc(-c%10ccc(-c%11ccc(-c%12ccc(-c%13ccc(-c%14ccccc%14)cc%13)cc%12)cc%11)cc%10)cc9)cc8)cc7)cc6)cc5)cc4)cc3)cc2)cc1. The molecular weight excluding hydrogens is 1010 g/mol. The summed E-state index contributed by atoms with van der Waals surface area (Å²) in [5, 5.41) is 0. The van der Waals surface area contributed by atoms with E-state index in [1.165, 1.54) is 145 Å². The molecular formula is C84H58. The third kappa shape index (κ3) is 11.1. The summed E-state index contributed by atoms with van der Waals surface area (Å²) in [4.78, 5) is 0. The predicted molar refractivity (Wildman–Crippen MR) is 357 cm³/mol. The molecule has 0 N–H and O–H groups in total. The van der Waals surface area contributed by atoms with Crippen LogP contribution in [0.4, 0.5) is 0 Å². The van der Waals surface area contributed by atoms with Gasteiger partial charge in [-0.1, -0.05) is 352 Å². The van der Waals surface area contributed by atoms with Crippen molar-refractivity contribution in [2.24, 2.45) is 0 Å². The summed E-state index contributed by atoms with van der Waals surface area (Å²) < 4.78 is 0. The van der Waals surface area contributed by atoms with Gasteiger partial charge >= 0.3 is 0 Å². The third-order valence-corrected chi connectivity index (χ3v) is 16.5. The Bertz CT molecular complexity index is 4150. The van der Waals surface area contributed by atoms with Crippen LogP contribution in [0, 0.1) is 0 Å². The van der Waals surface area contributed by atoms with Crippen molar-refractivity contribution in [2.75, 3.05) is 0 Å². The van der Waals surface area contributed by atoms with Gasteiger partial charge in [-0.2, -0.15) is 0 Å². The average Bonchev–Trinajstić information content (AvgIpc) is 3.79. The highest BCUT2D eigenvalue weighted by atomic mass is 14.1. The maximum Gasteiger partial charge on any atom is -0.0184 e. The van der Waals surface area contributed by atoms with Crippen LogP contribution in [-0.4, -0.2) is 0 Å². The van der Waals surface area contributed by atoms with Gasteiger partial charge in [0.1, 0.15) is 0 Å². The maximum atomic E-state index is 2.23. The molecule has 0 bridgehead atoms. The van der Waals surface area contributed by atoms with E-state index in [0.29, 0.717) is 0 Å². The Labute approximate surface area is 493 Å². The Kier molecular flexibility index (Phi) is 14.2. The van der Waals surface area contributed by atoms with Crippen LogP contribution in [0.25, 0.3) is 145 Å². The predicted octanol–water partition coefficient (Wildman–Crippen LogP) is 23.4. The Hall–Kier alpha value is -10.9. The first kappa shape index (κ1) is 51.2. The molecule has 0 heterocycles. The van der Waals surface area contributed by atoms with Crippen LogP contribution < -0.4 is 0 Å². The summed E-state index contributed by atoms with van der Waals surface area (Å²) in [6, 6.07) is 128. The minimum Gasteiger partial charge on any atom is -0.0622 e. The lowest BCUT2D eigenvalue weighted by atomic mass is 9.95. The van der Waals surface area contributed by atoms with Crippen molar-refractivity contribution in [3.63, 3.8) is 0 Å². The van der Waals surface area contributed by atoms with Gasteiger partial charge < -0.3 is 0 Å².